The monoisotopic (exact) mass is 765 g/mol. The highest BCUT2D eigenvalue weighted by Gasteiger charge is 2.52. The summed E-state index contributed by atoms with van der Waals surface area (Å²) in [5.41, 5.74) is 8.31. The first-order chi connectivity index (χ1) is 26.9. The molecule has 0 N–H and O–H groups in total. The second-order valence-corrected chi connectivity index (χ2v) is 21.7. The number of ether oxygens (including phenoxy) is 2. The molecule has 1 aromatic heterocycles. The van der Waals surface area contributed by atoms with Gasteiger partial charge in [0.2, 0.25) is 5.79 Å². The fraction of sp³-hybridized carbons (Fsp3) is 0.388. The van der Waals surface area contributed by atoms with Gasteiger partial charge in [0.25, 0.3) is 8.32 Å². The lowest BCUT2D eigenvalue weighted by Gasteiger charge is -2.48. The number of fused-ring (bicyclic) bond motifs is 1. The van der Waals surface area contributed by atoms with Gasteiger partial charge in [-0.1, -0.05) is 158 Å². The number of hydrogen-bond acceptors (Lipinski definition) is 5. The van der Waals surface area contributed by atoms with Gasteiger partial charge in [0, 0.05) is 11.5 Å². The van der Waals surface area contributed by atoms with Crippen LogP contribution in [-0.4, -0.2) is 47.9 Å². The number of aromatic nitrogens is 3. The molecule has 7 rings (SSSR count). The van der Waals surface area contributed by atoms with Crippen molar-refractivity contribution in [1.82, 2.24) is 15.0 Å². The van der Waals surface area contributed by atoms with Gasteiger partial charge >= 0.3 is 0 Å². The number of allylic oxidation sites excluding steroid dienone is 4. The third kappa shape index (κ3) is 8.47. The second-order valence-electron chi connectivity index (χ2n) is 17.4. The molecule has 0 bridgehead atoms. The summed E-state index contributed by atoms with van der Waals surface area (Å²) < 4.78 is 23.9. The molecule has 56 heavy (non-hydrogen) atoms. The van der Waals surface area contributed by atoms with Crippen LogP contribution < -0.4 is 10.4 Å². The standard InChI is InChI=1S/C49H59N3O3Si/c1-35(2)19-18-20-36(3)27-41-28-37(4)31-49(54-41)32-40(34-53-56(48(6,7)8,42-23-14-10-15-24-42)43-25-16-11-17-26-43)44-30-46(38(5)29-47(44)55-49)52-33-45(50-51-52)39-21-12-9-13-22-39/h9-17,19,21-27,29,31-33,41,44,46-47H,18,20,28,30,34H2,1-8H3/b36-27+/t41-,44-,46?,47-,49+/m1/s1. The zero-order chi connectivity index (χ0) is 39.5. The molecule has 0 radical (unpaired) electrons. The van der Waals surface area contributed by atoms with Crippen LogP contribution in [0.15, 0.2) is 155 Å². The molecular formula is C49H59N3O3Si. The van der Waals surface area contributed by atoms with E-state index >= 15 is 0 Å². The van der Waals surface area contributed by atoms with Crippen LogP contribution in [0.4, 0.5) is 0 Å². The van der Waals surface area contributed by atoms with E-state index in [0.717, 1.165) is 36.9 Å². The van der Waals surface area contributed by atoms with E-state index in [-0.39, 0.29) is 29.2 Å². The van der Waals surface area contributed by atoms with E-state index in [2.05, 4.69) is 175 Å². The molecule has 3 aliphatic rings. The highest BCUT2D eigenvalue weighted by atomic mass is 28.4. The van der Waals surface area contributed by atoms with E-state index in [9.17, 15) is 0 Å². The smallest absolute Gasteiger partial charge is 0.261 e. The summed E-state index contributed by atoms with van der Waals surface area (Å²) in [4.78, 5) is 0. The Morgan fingerprint density at radius 2 is 1.54 bits per heavy atom. The molecule has 5 atom stereocenters. The average molecular weight is 766 g/mol. The molecule has 0 amide bonds. The predicted molar refractivity (Wildman–Crippen MR) is 231 cm³/mol. The van der Waals surface area contributed by atoms with Crippen LogP contribution in [-0.2, 0) is 13.9 Å². The van der Waals surface area contributed by atoms with E-state index in [0.29, 0.717) is 6.61 Å². The molecule has 6 nitrogen and oxygen atoms in total. The van der Waals surface area contributed by atoms with E-state index in [1.807, 2.05) is 22.9 Å². The summed E-state index contributed by atoms with van der Waals surface area (Å²) in [6.07, 6.45) is 16.9. The Kier molecular flexibility index (Phi) is 11.8. The van der Waals surface area contributed by atoms with Gasteiger partial charge in [-0.15, -0.1) is 5.10 Å². The lowest BCUT2D eigenvalue weighted by atomic mass is 9.77. The van der Waals surface area contributed by atoms with Crippen LogP contribution in [0.25, 0.3) is 11.3 Å². The summed E-state index contributed by atoms with van der Waals surface area (Å²) in [6, 6.07) is 32.1. The van der Waals surface area contributed by atoms with Gasteiger partial charge in [-0.3, -0.25) is 0 Å². The fourth-order valence-electron chi connectivity index (χ4n) is 8.98. The Labute approximate surface area is 335 Å². The number of rotatable bonds is 11. The minimum atomic E-state index is -2.84. The van der Waals surface area contributed by atoms with Gasteiger partial charge in [0.05, 0.1) is 31.1 Å². The minimum Gasteiger partial charge on any atom is -0.403 e. The third-order valence-corrected chi connectivity index (χ3v) is 16.6. The maximum Gasteiger partial charge on any atom is 0.261 e. The molecular weight excluding hydrogens is 707 g/mol. The highest BCUT2D eigenvalue weighted by Crippen LogP contribution is 2.47. The Hall–Kier alpha value is -4.40. The molecule has 0 saturated heterocycles. The zero-order valence-corrected chi connectivity index (χ0v) is 35.5. The third-order valence-electron chi connectivity index (χ3n) is 11.6. The second kappa shape index (κ2) is 16.6. The quantitative estimate of drug-likeness (QED) is 0.112. The largest absolute Gasteiger partial charge is 0.403 e. The van der Waals surface area contributed by atoms with Gasteiger partial charge < -0.3 is 13.9 Å². The van der Waals surface area contributed by atoms with Gasteiger partial charge in [-0.2, -0.15) is 0 Å². The van der Waals surface area contributed by atoms with Gasteiger partial charge in [-0.05, 0) is 93.4 Å². The number of nitrogens with zero attached hydrogens (tertiary/aromatic N) is 3. The highest BCUT2D eigenvalue weighted by molar-refractivity contribution is 6.99. The average Bonchev–Trinajstić information content (AvgIpc) is 3.65. The summed E-state index contributed by atoms with van der Waals surface area (Å²) in [5, 5.41) is 11.7. The van der Waals surface area contributed by atoms with Crippen molar-refractivity contribution in [1.29, 1.82) is 0 Å². The first-order valence-corrected chi connectivity index (χ1v) is 22.2. The molecule has 4 aromatic rings. The number of benzene rings is 3. The molecule has 0 fully saturated rings. The SMILES string of the molecule is CC(C)=CCC/C(C)=C/[C@@H]1CC(C)=C[C@]2(C=C(CO[Si](c3ccccc3)(c3ccccc3)C(C)(C)C)[C@H]3CC(n4cc(-c5ccccc5)nn4)C(C)=C[C@H]3O2)O1. The van der Waals surface area contributed by atoms with Crippen LogP contribution >= 0.6 is 0 Å². The molecule has 7 heteroatoms. The first kappa shape index (κ1) is 39.8. The summed E-state index contributed by atoms with van der Waals surface area (Å²) in [6.45, 7) is 18.4. The predicted octanol–water partition coefficient (Wildman–Crippen LogP) is 10.5. The van der Waals surface area contributed by atoms with Crippen molar-refractivity contribution in [3.05, 3.63) is 155 Å². The molecule has 1 spiro atoms. The molecule has 1 aliphatic carbocycles. The Bertz CT molecular complexity index is 2080. The van der Waals surface area contributed by atoms with Crippen LogP contribution in [0.1, 0.15) is 87.1 Å². The molecule has 2 aliphatic heterocycles. The summed E-state index contributed by atoms with van der Waals surface area (Å²) >= 11 is 0. The summed E-state index contributed by atoms with van der Waals surface area (Å²) in [5.74, 6) is -0.956. The van der Waals surface area contributed by atoms with Crippen molar-refractivity contribution in [2.45, 2.75) is 110 Å². The van der Waals surface area contributed by atoms with Crippen molar-refractivity contribution in [2.75, 3.05) is 6.61 Å². The van der Waals surface area contributed by atoms with Crippen LogP contribution in [0.5, 0.6) is 0 Å². The van der Waals surface area contributed by atoms with Gasteiger partial charge in [0.1, 0.15) is 5.69 Å². The Morgan fingerprint density at radius 1 is 0.893 bits per heavy atom. The molecule has 3 aromatic carbocycles. The lowest BCUT2D eigenvalue weighted by Crippen LogP contribution is -2.67. The lowest BCUT2D eigenvalue weighted by molar-refractivity contribution is -0.225. The van der Waals surface area contributed by atoms with Crippen molar-refractivity contribution < 1.29 is 13.9 Å². The van der Waals surface area contributed by atoms with Gasteiger partial charge in [0.15, 0.2) is 0 Å². The van der Waals surface area contributed by atoms with Crippen LogP contribution in [0.2, 0.25) is 5.04 Å². The maximum absolute atomic E-state index is 7.67. The van der Waals surface area contributed by atoms with E-state index in [1.54, 1.807) is 0 Å². The fourth-order valence-corrected chi connectivity index (χ4v) is 13.5. The van der Waals surface area contributed by atoms with Crippen molar-refractivity contribution in [3.63, 3.8) is 0 Å². The molecule has 292 valence electrons. The maximum atomic E-state index is 7.67. The minimum absolute atomic E-state index is 0.0267. The Balaban J connectivity index is 1.28. The Morgan fingerprint density at radius 3 is 2.16 bits per heavy atom. The summed E-state index contributed by atoms with van der Waals surface area (Å²) in [7, 11) is -2.84. The van der Waals surface area contributed by atoms with E-state index in [1.165, 1.54) is 38.2 Å². The molecule has 0 saturated carbocycles. The van der Waals surface area contributed by atoms with Crippen LogP contribution in [0, 0.1) is 5.92 Å². The van der Waals surface area contributed by atoms with Gasteiger partial charge in [-0.25, -0.2) is 4.68 Å². The normalized spacial score (nSPS) is 24.2. The van der Waals surface area contributed by atoms with Crippen LogP contribution in [0.3, 0.4) is 0 Å². The topological polar surface area (TPSA) is 58.4 Å². The molecule has 3 heterocycles. The van der Waals surface area contributed by atoms with Crippen molar-refractivity contribution >= 4 is 18.7 Å². The molecule has 1 unspecified atom stereocenters. The van der Waals surface area contributed by atoms with E-state index < -0.39 is 14.1 Å². The van der Waals surface area contributed by atoms with Crippen molar-refractivity contribution in [3.8, 4) is 11.3 Å². The van der Waals surface area contributed by atoms with Crippen molar-refractivity contribution in [2.24, 2.45) is 5.92 Å². The zero-order valence-electron chi connectivity index (χ0n) is 34.5. The first-order valence-electron chi connectivity index (χ1n) is 20.3. The number of hydrogen-bond donors (Lipinski definition) is 0. The van der Waals surface area contributed by atoms with E-state index in [4.69, 9.17) is 13.9 Å².